The van der Waals surface area contributed by atoms with Gasteiger partial charge in [0, 0.05) is 29.7 Å². The molecule has 3 aromatic heterocycles. The smallest absolute Gasteiger partial charge is 0.236 e. The molecule has 8 nitrogen and oxygen atoms in total. The third kappa shape index (κ3) is 5.03. The number of anilines is 1. The number of carbonyl (C=O) groups is 1. The Kier molecular flexibility index (Phi) is 6.59. The Labute approximate surface area is 211 Å². The lowest BCUT2D eigenvalue weighted by Crippen LogP contribution is -2.17. The van der Waals surface area contributed by atoms with Crippen molar-refractivity contribution in [2.75, 3.05) is 11.1 Å². The van der Waals surface area contributed by atoms with Crippen molar-refractivity contribution in [1.82, 2.24) is 29.5 Å². The van der Waals surface area contributed by atoms with E-state index in [9.17, 15) is 9.18 Å². The second-order valence-electron chi connectivity index (χ2n) is 8.11. The van der Waals surface area contributed by atoms with E-state index in [4.69, 9.17) is 0 Å². The number of nitrogens with one attached hydrogen (secondary N) is 1. The van der Waals surface area contributed by atoms with Crippen LogP contribution in [0.1, 0.15) is 11.3 Å². The fourth-order valence-corrected chi connectivity index (χ4v) is 4.41. The molecule has 1 N–H and O–H groups in total. The van der Waals surface area contributed by atoms with Crippen LogP contribution in [0.4, 0.5) is 10.2 Å². The Morgan fingerprint density at radius 1 is 0.944 bits per heavy atom. The average molecular weight is 500 g/mol. The van der Waals surface area contributed by atoms with Gasteiger partial charge < -0.3 is 5.32 Å². The first-order valence-electron chi connectivity index (χ1n) is 11.2. The Balaban J connectivity index is 1.38. The number of thioether (sulfide) groups is 1. The van der Waals surface area contributed by atoms with Gasteiger partial charge in [-0.3, -0.25) is 14.3 Å². The monoisotopic (exact) mass is 499 g/mol. The SMILES string of the molecule is Cc1ccc(-n2c(SCC(=O)Nc3cc(C)nn3-c3ccc(F)cc3)nnc2-c2ccncc2)cc1. The zero-order valence-corrected chi connectivity index (χ0v) is 20.4. The molecule has 5 rings (SSSR count). The highest BCUT2D eigenvalue weighted by Gasteiger charge is 2.18. The van der Waals surface area contributed by atoms with Crippen LogP contribution < -0.4 is 5.32 Å². The molecule has 0 aliphatic carbocycles. The number of amides is 1. The predicted molar refractivity (Wildman–Crippen MR) is 137 cm³/mol. The molecule has 0 spiro atoms. The minimum atomic E-state index is -0.339. The highest BCUT2D eigenvalue weighted by atomic mass is 32.2. The summed E-state index contributed by atoms with van der Waals surface area (Å²) in [6.07, 6.45) is 3.41. The van der Waals surface area contributed by atoms with Gasteiger partial charge in [0.05, 0.1) is 17.1 Å². The largest absolute Gasteiger partial charge is 0.310 e. The zero-order valence-electron chi connectivity index (χ0n) is 19.6. The third-order valence-electron chi connectivity index (χ3n) is 5.37. The molecule has 0 aliphatic rings. The number of rotatable bonds is 7. The summed E-state index contributed by atoms with van der Waals surface area (Å²) in [6.45, 7) is 3.85. The Morgan fingerprint density at radius 2 is 1.64 bits per heavy atom. The molecule has 36 heavy (non-hydrogen) atoms. The Bertz CT molecular complexity index is 1500. The number of nitrogens with zero attached hydrogens (tertiary/aromatic N) is 6. The van der Waals surface area contributed by atoms with E-state index in [1.54, 1.807) is 35.3 Å². The minimum absolute atomic E-state index is 0.105. The van der Waals surface area contributed by atoms with Gasteiger partial charge in [0.15, 0.2) is 11.0 Å². The fraction of sp³-hybridized carbons (Fsp3) is 0.115. The summed E-state index contributed by atoms with van der Waals surface area (Å²) in [6, 6.07) is 19.5. The van der Waals surface area contributed by atoms with Crippen molar-refractivity contribution in [2.45, 2.75) is 19.0 Å². The zero-order chi connectivity index (χ0) is 25.1. The summed E-state index contributed by atoms with van der Waals surface area (Å²) in [4.78, 5) is 17.0. The van der Waals surface area contributed by atoms with Gasteiger partial charge in [-0.1, -0.05) is 29.5 Å². The van der Waals surface area contributed by atoms with Gasteiger partial charge in [0.2, 0.25) is 5.91 Å². The van der Waals surface area contributed by atoms with E-state index >= 15 is 0 Å². The number of aromatic nitrogens is 6. The van der Waals surface area contributed by atoms with Gasteiger partial charge in [-0.2, -0.15) is 5.10 Å². The lowest BCUT2D eigenvalue weighted by molar-refractivity contribution is -0.113. The van der Waals surface area contributed by atoms with Gasteiger partial charge in [-0.05, 0) is 62.4 Å². The van der Waals surface area contributed by atoms with Crippen LogP contribution in [0.5, 0.6) is 0 Å². The highest BCUT2D eigenvalue weighted by molar-refractivity contribution is 7.99. The number of benzene rings is 2. The summed E-state index contributed by atoms with van der Waals surface area (Å²) in [7, 11) is 0. The molecule has 0 unspecified atom stereocenters. The number of halogens is 1. The molecule has 0 fully saturated rings. The molecule has 180 valence electrons. The van der Waals surface area contributed by atoms with Crippen LogP contribution in [0.2, 0.25) is 0 Å². The molecule has 0 saturated carbocycles. The molecular formula is C26H22FN7OS. The van der Waals surface area contributed by atoms with E-state index < -0.39 is 0 Å². The van der Waals surface area contributed by atoms with Crippen LogP contribution in [-0.2, 0) is 4.79 Å². The number of aryl methyl sites for hydroxylation is 2. The number of carbonyl (C=O) groups excluding carboxylic acids is 1. The molecule has 10 heteroatoms. The van der Waals surface area contributed by atoms with Gasteiger partial charge >= 0.3 is 0 Å². The minimum Gasteiger partial charge on any atom is -0.310 e. The third-order valence-corrected chi connectivity index (χ3v) is 6.30. The van der Waals surface area contributed by atoms with Crippen molar-refractivity contribution < 1.29 is 9.18 Å². The first-order chi connectivity index (χ1) is 17.5. The number of pyridine rings is 1. The van der Waals surface area contributed by atoms with E-state index in [1.165, 1.54) is 23.9 Å². The second kappa shape index (κ2) is 10.1. The lowest BCUT2D eigenvalue weighted by Gasteiger charge is -2.11. The summed E-state index contributed by atoms with van der Waals surface area (Å²) < 4.78 is 16.9. The lowest BCUT2D eigenvalue weighted by atomic mass is 10.2. The van der Waals surface area contributed by atoms with E-state index in [1.807, 2.05) is 54.8 Å². The summed E-state index contributed by atoms with van der Waals surface area (Å²) in [5, 5.41) is 16.7. The van der Waals surface area contributed by atoms with Crippen molar-refractivity contribution in [3.63, 3.8) is 0 Å². The van der Waals surface area contributed by atoms with Gasteiger partial charge in [0.25, 0.3) is 0 Å². The molecule has 0 saturated heterocycles. The maximum absolute atomic E-state index is 13.3. The van der Waals surface area contributed by atoms with Crippen LogP contribution in [0, 0.1) is 19.7 Å². The van der Waals surface area contributed by atoms with Crippen LogP contribution in [0.25, 0.3) is 22.8 Å². The van der Waals surface area contributed by atoms with Crippen molar-refractivity contribution in [2.24, 2.45) is 0 Å². The Morgan fingerprint density at radius 3 is 2.36 bits per heavy atom. The Hall–Kier alpha value is -4.31. The van der Waals surface area contributed by atoms with Crippen molar-refractivity contribution >= 4 is 23.5 Å². The molecule has 0 bridgehead atoms. The topological polar surface area (TPSA) is 90.5 Å². The molecule has 2 aromatic carbocycles. The van der Waals surface area contributed by atoms with Crippen molar-refractivity contribution in [3.8, 4) is 22.8 Å². The maximum Gasteiger partial charge on any atom is 0.236 e. The fourth-order valence-electron chi connectivity index (χ4n) is 3.65. The van der Waals surface area contributed by atoms with E-state index in [-0.39, 0.29) is 17.5 Å². The molecule has 1 amide bonds. The van der Waals surface area contributed by atoms with Gasteiger partial charge in [-0.15, -0.1) is 10.2 Å². The van der Waals surface area contributed by atoms with E-state index in [2.05, 4.69) is 25.6 Å². The van der Waals surface area contributed by atoms with Crippen LogP contribution in [0.15, 0.2) is 84.3 Å². The summed E-state index contributed by atoms with van der Waals surface area (Å²) in [5.41, 5.74) is 4.27. The van der Waals surface area contributed by atoms with Crippen LogP contribution in [0.3, 0.4) is 0 Å². The molecular weight excluding hydrogens is 477 g/mol. The van der Waals surface area contributed by atoms with Gasteiger partial charge in [0.1, 0.15) is 11.6 Å². The standard InChI is InChI=1S/C26H22FN7OS/c1-17-3-7-21(8-4-17)33-25(19-11-13-28-14-12-19)30-31-26(33)36-16-24(35)29-23-15-18(2)32-34(23)22-9-5-20(27)6-10-22/h3-15H,16H2,1-2H3,(H,29,35). The quantitative estimate of drug-likeness (QED) is 0.317. The van der Waals surface area contributed by atoms with Crippen molar-refractivity contribution in [3.05, 3.63) is 96.2 Å². The van der Waals surface area contributed by atoms with E-state index in [0.717, 1.165) is 22.5 Å². The normalized spacial score (nSPS) is 11.0. The summed E-state index contributed by atoms with van der Waals surface area (Å²) in [5.74, 6) is 0.700. The number of hydrogen-bond donors (Lipinski definition) is 1. The number of hydrogen-bond acceptors (Lipinski definition) is 6. The van der Waals surface area contributed by atoms with Crippen LogP contribution >= 0.6 is 11.8 Å². The maximum atomic E-state index is 13.3. The van der Waals surface area contributed by atoms with Gasteiger partial charge in [-0.25, -0.2) is 9.07 Å². The molecule has 0 aliphatic heterocycles. The van der Waals surface area contributed by atoms with Crippen molar-refractivity contribution in [1.29, 1.82) is 0 Å². The molecule has 0 radical (unpaired) electrons. The molecule has 0 atom stereocenters. The van der Waals surface area contributed by atoms with Crippen LogP contribution in [-0.4, -0.2) is 41.2 Å². The molecule has 5 aromatic rings. The average Bonchev–Trinajstić information content (AvgIpc) is 3.47. The first kappa shape index (κ1) is 23.4. The summed E-state index contributed by atoms with van der Waals surface area (Å²) >= 11 is 1.28. The molecule has 3 heterocycles. The highest BCUT2D eigenvalue weighted by Crippen LogP contribution is 2.28. The predicted octanol–water partition coefficient (Wildman–Crippen LogP) is 5.00. The van der Waals surface area contributed by atoms with E-state index in [0.29, 0.717) is 22.5 Å². The first-order valence-corrected chi connectivity index (χ1v) is 12.1. The second-order valence-corrected chi connectivity index (χ2v) is 9.05.